The van der Waals surface area contributed by atoms with Gasteiger partial charge in [0, 0.05) is 23.1 Å². The molecule has 0 unspecified atom stereocenters. The van der Waals surface area contributed by atoms with Crippen molar-refractivity contribution in [3.63, 3.8) is 0 Å². The molecule has 110 valence electrons. The van der Waals surface area contributed by atoms with Gasteiger partial charge in [-0.05, 0) is 31.0 Å². The average molecular weight is 299 g/mol. The van der Waals surface area contributed by atoms with E-state index >= 15 is 0 Å². The molecule has 0 heterocycles. The molecule has 20 heavy (non-hydrogen) atoms. The van der Waals surface area contributed by atoms with E-state index in [1.807, 2.05) is 0 Å². The van der Waals surface area contributed by atoms with Gasteiger partial charge in [0.05, 0.1) is 4.90 Å². The van der Waals surface area contributed by atoms with Gasteiger partial charge in [-0.2, -0.15) is 0 Å². The smallest absolute Gasteiger partial charge is 0.175 e. The lowest BCUT2D eigenvalue weighted by molar-refractivity contribution is -0.113. The SMILES string of the molecule is CC(=O)/C(=C(\N)c1ccc(S(C)(=O)=O)cc1F)C(C)C. The van der Waals surface area contributed by atoms with Crippen molar-refractivity contribution >= 4 is 21.3 Å². The van der Waals surface area contributed by atoms with E-state index in [0.29, 0.717) is 5.57 Å². The highest BCUT2D eigenvalue weighted by Gasteiger charge is 2.18. The van der Waals surface area contributed by atoms with Crippen molar-refractivity contribution in [2.45, 2.75) is 25.7 Å². The number of allylic oxidation sites excluding steroid dienone is 1. The number of benzene rings is 1. The molecule has 0 atom stereocenters. The van der Waals surface area contributed by atoms with Gasteiger partial charge in [-0.3, -0.25) is 4.79 Å². The molecule has 1 aromatic carbocycles. The molecule has 0 saturated heterocycles. The first kappa shape index (κ1) is 16.4. The summed E-state index contributed by atoms with van der Waals surface area (Å²) in [5.74, 6) is -1.14. The molecule has 0 bridgehead atoms. The molecule has 0 radical (unpaired) electrons. The van der Waals surface area contributed by atoms with Crippen molar-refractivity contribution in [3.8, 4) is 0 Å². The third-order valence-corrected chi connectivity index (χ3v) is 4.02. The van der Waals surface area contributed by atoms with Gasteiger partial charge in [-0.1, -0.05) is 13.8 Å². The number of hydrogen-bond acceptors (Lipinski definition) is 4. The van der Waals surface area contributed by atoms with E-state index < -0.39 is 15.7 Å². The van der Waals surface area contributed by atoms with Crippen LogP contribution < -0.4 is 5.73 Å². The molecule has 0 fully saturated rings. The maximum Gasteiger partial charge on any atom is 0.175 e. The summed E-state index contributed by atoms with van der Waals surface area (Å²) in [4.78, 5) is 11.5. The fraction of sp³-hybridized carbons (Fsp3) is 0.357. The van der Waals surface area contributed by atoms with Gasteiger partial charge >= 0.3 is 0 Å². The van der Waals surface area contributed by atoms with Gasteiger partial charge in [-0.15, -0.1) is 0 Å². The molecule has 6 heteroatoms. The van der Waals surface area contributed by atoms with Crippen molar-refractivity contribution in [1.29, 1.82) is 0 Å². The van der Waals surface area contributed by atoms with Crippen LogP contribution in [0.25, 0.3) is 5.70 Å². The van der Waals surface area contributed by atoms with E-state index in [9.17, 15) is 17.6 Å². The molecule has 1 rings (SSSR count). The molecule has 0 spiro atoms. The van der Waals surface area contributed by atoms with Crippen LogP contribution in [0, 0.1) is 11.7 Å². The molecule has 0 aliphatic heterocycles. The third-order valence-electron chi connectivity index (χ3n) is 2.91. The zero-order valence-corrected chi connectivity index (χ0v) is 12.7. The summed E-state index contributed by atoms with van der Waals surface area (Å²) in [6.07, 6.45) is 0.996. The zero-order chi connectivity index (χ0) is 15.7. The van der Waals surface area contributed by atoms with Gasteiger partial charge in [0.25, 0.3) is 0 Å². The van der Waals surface area contributed by atoms with Gasteiger partial charge in [0.15, 0.2) is 15.6 Å². The molecule has 0 amide bonds. The van der Waals surface area contributed by atoms with E-state index in [-0.39, 0.29) is 27.9 Å². The summed E-state index contributed by atoms with van der Waals surface area (Å²) >= 11 is 0. The first-order chi connectivity index (χ1) is 9.05. The number of rotatable bonds is 4. The van der Waals surface area contributed by atoms with E-state index in [2.05, 4.69) is 0 Å². The first-order valence-electron chi connectivity index (χ1n) is 6.06. The summed E-state index contributed by atoms with van der Waals surface area (Å²) in [5.41, 5.74) is 6.28. The van der Waals surface area contributed by atoms with E-state index in [0.717, 1.165) is 12.3 Å². The summed E-state index contributed by atoms with van der Waals surface area (Å²) < 4.78 is 36.7. The Hall–Kier alpha value is -1.69. The highest BCUT2D eigenvalue weighted by Crippen LogP contribution is 2.24. The number of hydrogen-bond donors (Lipinski definition) is 1. The normalized spacial score (nSPS) is 13.3. The monoisotopic (exact) mass is 299 g/mol. The number of halogens is 1. The van der Waals surface area contributed by atoms with Crippen LogP contribution in [0.3, 0.4) is 0 Å². The number of carbonyl (C=O) groups is 1. The Morgan fingerprint density at radius 1 is 1.30 bits per heavy atom. The molecule has 0 aromatic heterocycles. The largest absolute Gasteiger partial charge is 0.398 e. The van der Waals surface area contributed by atoms with Crippen LogP contribution in [0.1, 0.15) is 26.3 Å². The molecule has 0 aliphatic carbocycles. The lowest BCUT2D eigenvalue weighted by Gasteiger charge is -2.14. The predicted molar refractivity (Wildman–Crippen MR) is 76.1 cm³/mol. The molecule has 4 nitrogen and oxygen atoms in total. The van der Waals surface area contributed by atoms with Crippen LogP contribution in [0.15, 0.2) is 28.7 Å². The van der Waals surface area contributed by atoms with Crippen molar-refractivity contribution in [2.24, 2.45) is 11.7 Å². The molecule has 0 saturated carbocycles. The van der Waals surface area contributed by atoms with E-state index in [1.54, 1.807) is 13.8 Å². The van der Waals surface area contributed by atoms with Crippen LogP contribution in [-0.2, 0) is 14.6 Å². The minimum Gasteiger partial charge on any atom is -0.398 e. The van der Waals surface area contributed by atoms with Gasteiger partial charge in [0.1, 0.15) is 5.82 Å². The minimum atomic E-state index is -3.48. The van der Waals surface area contributed by atoms with Crippen molar-refractivity contribution in [2.75, 3.05) is 6.26 Å². The lowest BCUT2D eigenvalue weighted by Crippen LogP contribution is -2.14. The summed E-state index contributed by atoms with van der Waals surface area (Å²) in [6.45, 7) is 4.93. The second kappa shape index (κ2) is 5.75. The zero-order valence-electron chi connectivity index (χ0n) is 11.9. The summed E-state index contributed by atoms with van der Waals surface area (Å²) in [6, 6.07) is 3.47. The Morgan fingerprint density at radius 3 is 2.20 bits per heavy atom. The second-order valence-electron chi connectivity index (χ2n) is 4.95. The highest BCUT2D eigenvalue weighted by atomic mass is 32.2. The number of sulfone groups is 1. The Labute approximate surface area is 118 Å². The average Bonchev–Trinajstić information content (AvgIpc) is 2.26. The van der Waals surface area contributed by atoms with Crippen LogP contribution in [0.5, 0.6) is 0 Å². The first-order valence-corrected chi connectivity index (χ1v) is 7.95. The van der Waals surface area contributed by atoms with E-state index in [1.165, 1.54) is 19.1 Å². The Morgan fingerprint density at radius 2 is 1.85 bits per heavy atom. The van der Waals surface area contributed by atoms with E-state index in [4.69, 9.17) is 5.73 Å². The van der Waals surface area contributed by atoms with Gasteiger partial charge in [-0.25, -0.2) is 12.8 Å². The third kappa shape index (κ3) is 3.45. The highest BCUT2D eigenvalue weighted by molar-refractivity contribution is 7.90. The topological polar surface area (TPSA) is 77.2 Å². The van der Waals surface area contributed by atoms with Crippen LogP contribution in [0.4, 0.5) is 4.39 Å². The maximum absolute atomic E-state index is 14.0. The summed E-state index contributed by atoms with van der Waals surface area (Å²) in [7, 11) is -3.48. The quantitative estimate of drug-likeness (QED) is 0.864. The Kier molecular flexibility index (Phi) is 4.70. The number of Topliss-reactive ketones (excluding diaryl/α,β-unsaturated/α-hetero) is 1. The van der Waals surface area contributed by atoms with Crippen LogP contribution in [-0.4, -0.2) is 20.5 Å². The Balaban J connectivity index is 3.49. The molecular weight excluding hydrogens is 281 g/mol. The lowest BCUT2D eigenvalue weighted by atomic mass is 9.94. The molecule has 2 N–H and O–H groups in total. The maximum atomic E-state index is 14.0. The number of ketones is 1. The standard InChI is InChI=1S/C14H18FNO3S/c1-8(2)13(9(3)17)14(16)11-6-5-10(7-12(11)15)20(4,18)19/h5-8H,16H2,1-4H3/b14-13-. The number of carbonyl (C=O) groups excluding carboxylic acids is 1. The Bertz CT molecular complexity index is 676. The van der Waals surface area contributed by atoms with Gasteiger partial charge < -0.3 is 5.73 Å². The van der Waals surface area contributed by atoms with Crippen molar-refractivity contribution in [1.82, 2.24) is 0 Å². The molecule has 1 aromatic rings. The molecule has 0 aliphatic rings. The fourth-order valence-electron chi connectivity index (χ4n) is 2.00. The second-order valence-corrected chi connectivity index (χ2v) is 6.97. The van der Waals surface area contributed by atoms with Crippen molar-refractivity contribution < 1.29 is 17.6 Å². The van der Waals surface area contributed by atoms with Crippen LogP contribution >= 0.6 is 0 Å². The van der Waals surface area contributed by atoms with Gasteiger partial charge in [0.2, 0.25) is 0 Å². The van der Waals surface area contributed by atoms with Crippen LogP contribution in [0.2, 0.25) is 0 Å². The number of nitrogens with two attached hydrogens (primary N) is 1. The van der Waals surface area contributed by atoms with Crippen molar-refractivity contribution in [3.05, 3.63) is 35.2 Å². The minimum absolute atomic E-state index is 0.0382. The predicted octanol–water partition coefficient (Wildman–Crippen LogP) is 2.14. The summed E-state index contributed by atoms with van der Waals surface area (Å²) in [5, 5.41) is 0. The molecular formula is C14H18FNO3S. The fourth-order valence-corrected chi connectivity index (χ4v) is 2.63.